The van der Waals surface area contributed by atoms with E-state index in [1.165, 1.54) is 14.0 Å². The van der Waals surface area contributed by atoms with E-state index in [9.17, 15) is 43.2 Å². The lowest BCUT2D eigenvalue weighted by molar-refractivity contribution is -0.144. The maximum absolute atomic E-state index is 14.7. The number of hydrogen-bond acceptors (Lipinski definition) is 10. The molecule has 3 fully saturated rings. The first-order valence-corrected chi connectivity index (χ1v) is 25.4. The molecule has 3 aromatic rings. The number of aromatic nitrogens is 2. The van der Waals surface area contributed by atoms with Crippen LogP contribution in [0, 0.1) is 11.8 Å². The van der Waals surface area contributed by atoms with Crippen molar-refractivity contribution in [1.29, 1.82) is 0 Å². The van der Waals surface area contributed by atoms with Gasteiger partial charge < -0.3 is 36.2 Å². The lowest BCUT2D eigenvalue weighted by Gasteiger charge is -2.39. The molecule has 20 heteroatoms. The highest BCUT2D eigenvalue weighted by Crippen LogP contribution is 2.35. The van der Waals surface area contributed by atoms with Gasteiger partial charge in [0.15, 0.2) is 0 Å². The molecule has 6 N–H and O–H groups in total. The van der Waals surface area contributed by atoms with E-state index in [2.05, 4.69) is 21.3 Å². The first-order chi connectivity index (χ1) is 34.1. The Morgan fingerprint density at radius 1 is 0.944 bits per heavy atom. The quantitative estimate of drug-likeness (QED) is 0.133. The van der Waals surface area contributed by atoms with Gasteiger partial charge in [0.05, 0.1) is 17.6 Å². The van der Waals surface area contributed by atoms with Gasteiger partial charge in [-0.3, -0.25) is 48.0 Å². The van der Waals surface area contributed by atoms with Gasteiger partial charge in [0.25, 0.3) is 5.91 Å². The van der Waals surface area contributed by atoms with Crippen LogP contribution in [0.1, 0.15) is 134 Å². The molecule has 4 aliphatic rings. The number of rotatable bonds is 15. The molecule has 1 aromatic heterocycles. The minimum atomic E-state index is -1.28. The summed E-state index contributed by atoms with van der Waals surface area (Å²) < 4.78 is 8.54. The van der Waals surface area contributed by atoms with Crippen LogP contribution in [-0.2, 0) is 58.3 Å². The summed E-state index contributed by atoms with van der Waals surface area (Å²) >= 11 is 6.53. The number of carbonyl (C=O) groups excluding carboxylic acids is 8. The van der Waals surface area contributed by atoms with Crippen molar-refractivity contribution < 1.29 is 43.1 Å². The van der Waals surface area contributed by atoms with Crippen LogP contribution in [0.4, 0.5) is 4.79 Å². The first kappa shape index (κ1) is 53.3. The van der Waals surface area contributed by atoms with Crippen LogP contribution in [0.25, 0.3) is 11.0 Å². The number of nitrogens with one attached hydrogen (secondary N) is 4. The number of fused-ring (bicyclic) bond motifs is 2. The molecule has 1 unspecified atom stereocenters. The summed E-state index contributed by atoms with van der Waals surface area (Å²) in [4.78, 5) is 123. The molecule has 0 spiro atoms. The number of alkyl carbamates (subject to hydrolysis) is 1. The highest BCUT2D eigenvalue weighted by molar-refractivity contribution is 6.31. The summed E-state index contributed by atoms with van der Waals surface area (Å²) in [6.45, 7) is 9.27. The second-order valence-corrected chi connectivity index (χ2v) is 21.3. The Labute approximate surface area is 423 Å². The molecule has 388 valence electrons. The molecule has 0 bridgehead atoms. The summed E-state index contributed by atoms with van der Waals surface area (Å²) in [5.41, 5.74) is 8.80. The highest BCUT2D eigenvalue weighted by atomic mass is 35.5. The number of ether oxygens (including phenoxy) is 1. The average Bonchev–Trinajstić information content (AvgIpc) is 3.85. The summed E-state index contributed by atoms with van der Waals surface area (Å²) in [5.74, 6) is -3.15. The Kier molecular flexibility index (Phi) is 16.7. The summed E-state index contributed by atoms with van der Waals surface area (Å²) in [7, 11) is 1.67. The molecule has 0 radical (unpaired) electrons. The fraction of sp³-hybridized carbons (Fsp3) is 0.558. The number of imidazole rings is 1. The molecular formula is C52H68ClN9O10. The number of amides is 8. The van der Waals surface area contributed by atoms with Crippen LogP contribution >= 0.6 is 11.6 Å². The maximum Gasteiger partial charge on any atom is 0.408 e. The SMILES string of the molecule is CC(C)c1ccc(CNC(=O)[C@H](CCC(N)=O)NC(=O)[C@@H]2CC=C3CCN(C(=O)C4CCC(CCc5ccc6c(c5)n(C)c(=O)n6C5CCC(=O)NC5=O)CC4)C[C@H](NC(=O)OC(C)(C)C)C(=O)N32)c(Cl)c1. The van der Waals surface area contributed by atoms with E-state index in [-0.39, 0.29) is 87.5 Å². The summed E-state index contributed by atoms with van der Waals surface area (Å²) in [5, 5.41) is 11.1. The topological polar surface area (TPSA) is 253 Å². The summed E-state index contributed by atoms with van der Waals surface area (Å²) in [6, 6.07) is 7.07. The maximum atomic E-state index is 14.7. The number of imide groups is 1. The third kappa shape index (κ3) is 12.6. The number of primary amides is 1. The van der Waals surface area contributed by atoms with Gasteiger partial charge in [0.2, 0.25) is 35.4 Å². The molecule has 1 saturated carbocycles. The Balaban J connectivity index is 0.988. The van der Waals surface area contributed by atoms with Crippen LogP contribution in [-0.4, -0.2) is 103 Å². The van der Waals surface area contributed by atoms with E-state index in [0.717, 1.165) is 36.8 Å². The number of halogens is 1. The lowest BCUT2D eigenvalue weighted by Crippen LogP contribution is -2.60. The first-order valence-electron chi connectivity index (χ1n) is 25.1. The van der Waals surface area contributed by atoms with Crippen molar-refractivity contribution in [3.05, 3.63) is 80.4 Å². The van der Waals surface area contributed by atoms with Crippen LogP contribution in [0.3, 0.4) is 0 Å². The second-order valence-electron chi connectivity index (χ2n) is 20.9. The molecule has 72 heavy (non-hydrogen) atoms. The third-order valence-electron chi connectivity index (χ3n) is 14.3. The Bertz CT molecular complexity index is 2710. The molecule has 3 aliphatic heterocycles. The summed E-state index contributed by atoms with van der Waals surface area (Å²) in [6.07, 6.45) is 5.89. The smallest absolute Gasteiger partial charge is 0.408 e. The van der Waals surface area contributed by atoms with Crippen LogP contribution in [0.15, 0.2) is 53.0 Å². The van der Waals surface area contributed by atoms with Crippen molar-refractivity contribution in [3.63, 3.8) is 0 Å². The van der Waals surface area contributed by atoms with E-state index >= 15 is 0 Å². The van der Waals surface area contributed by atoms with Crippen molar-refractivity contribution in [2.24, 2.45) is 24.6 Å². The highest BCUT2D eigenvalue weighted by Gasteiger charge is 2.44. The number of carbonyl (C=O) groups is 8. The average molecular weight is 1010 g/mol. The number of benzene rings is 2. The predicted octanol–water partition coefficient (Wildman–Crippen LogP) is 4.51. The zero-order valence-corrected chi connectivity index (χ0v) is 42.8. The minimum absolute atomic E-state index is 0.0589. The number of aryl methyl sites for hydroxylation is 2. The minimum Gasteiger partial charge on any atom is -0.444 e. The van der Waals surface area contributed by atoms with Gasteiger partial charge in [-0.05, 0) is 125 Å². The second kappa shape index (κ2) is 22.5. The molecule has 8 amide bonds. The fourth-order valence-electron chi connectivity index (χ4n) is 10.3. The van der Waals surface area contributed by atoms with Crippen LogP contribution in [0.2, 0.25) is 5.02 Å². The number of hydrogen-bond donors (Lipinski definition) is 5. The zero-order chi connectivity index (χ0) is 52.2. The molecule has 2 aromatic carbocycles. The molecule has 1 aliphatic carbocycles. The number of nitrogens with two attached hydrogens (primary N) is 1. The van der Waals surface area contributed by atoms with E-state index < -0.39 is 65.4 Å². The molecule has 4 heterocycles. The molecule has 19 nitrogen and oxygen atoms in total. The van der Waals surface area contributed by atoms with Crippen molar-refractivity contribution in [2.45, 2.75) is 154 Å². The van der Waals surface area contributed by atoms with Gasteiger partial charge in [-0.2, -0.15) is 0 Å². The van der Waals surface area contributed by atoms with Gasteiger partial charge in [-0.25, -0.2) is 9.59 Å². The Morgan fingerprint density at radius 2 is 1.68 bits per heavy atom. The molecule has 7 rings (SSSR count). The largest absolute Gasteiger partial charge is 0.444 e. The zero-order valence-electron chi connectivity index (χ0n) is 42.0. The van der Waals surface area contributed by atoms with Gasteiger partial charge in [0, 0.05) is 56.0 Å². The Morgan fingerprint density at radius 3 is 2.35 bits per heavy atom. The lowest BCUT2D eigenvalue weighted by atomic mass is 9.79. The predicted molar refractivity (Wildman–Crippen MR) is 268 cm³/mol. The standard InChI is InChI=1S/C52H68ClN9O10/c1-29(2)33-14-15-34(36(53)26-33)27-55-45(65)37(17-21-43(54)63)56-46(66)40-19-16-35-23-24-60(28-38(49(69)61(35)40)57-50(70)72-52(3,4)5)48(68)32-12-9-30(10-13-32)7-8-31-11-18-39-42(25-31)59(6)51(71)62(39)41-20-22-44(64)58-47(41)67/h11,14-16,18,25-26,29-30,32,37-38,40-41H,7-10,12-13,17,19-24,27-28H2,1-6H3,(H2,54,63)(H,55,65)(H,56,66)(H,57,70)(H,58,64,67)/t30?,32?,37-,38-,40-,41?/m0/s1. The van der Waals surface area contributed by atoms with Crippen molar-refractivity contribution >= 4 is 70.1 Å². The van der Waals surface area contributed by atoms with Crippen LogP contribution < -0.4 is 32.7 Å². The fourth-order valence-corrected chi connectivity index (χ4v) is 10.5. The third-order valence-corrected chi connectivity index (χ3v) is 14.7. The van der Waals surface area contributed by atoms with E-state index in [0.29, 0.717) is 46.1 Å². The van der Waals surface area contributed by atoms with Crippen LogP contribution in [0.5, 0.6) is 0 Å². The molecule has 2 saturated heterocycles. The number of piperidine rings is 1. The van der Waals surface area contributed by atoms with Crippen molar-refractivity contribution in [1.82, 2.24) is 40.2 Å². The van der Waals surface area contributed by atoms with E-state index in [1.807, 2.05) is 50.2 Å². The molecular weight excluding hydrogens is 946 g/mol. The van der Waals surface area contributed by atoms with Crippen molar-refractivity contribution in [2.75, 3.05) is 13.1 Å². The van der Waals surface area contributed by atoms with Gasteiger partial charge >= 0.3 is 11.8 Å². The van der Waals surface area contributed by atoms with Gasteiger partial charge in [-0.1, -0.05) is 49.7 Å². The normalized spacial score (nSPS) is 22.1. The van der Waals surface area contributed by atoms with Crippen molar-refractivity contribution in [3.8, 4) is 0 Å². The van der Waals surface area contributed by atoms with E-state index in [4.69, 9.17) is 22.1 Å². The number of nitrogens with zero attached hydrogens (tertiary/aromatic N) is 4. The Hall–Kier alpha value is -6.50. The van der Waals surface area contributed by atoms with Gasteiger partial charge in [0.1, 0.15) is 29.8 Å². The monoisotopic (exact) mass is 1010 g/mol. The van der Waals surface area contributed by atoms with E-state index in [1.54, 1.807) is 38.8 Å². The molecule has 4 atom stereocenters. The van der Waals surface area contributed by atoms with Gasteiger partial charge in [-0.15, -0.1) is 0 Å².